The average molecular weight is 335 g/mol. The van der Waals surface area contributed by atoms with Crippen LogP contribution in [-0.4, -0.2) is 16.7 Å². The third kappa shape index (κ3) is 2.94. The van der Waals surface area contributed by atoms with E-state index in [9.17, 15) is 8.78 Å². The molecule has 0 radical (unpaired) electrons. The Balaban J connectivity index is 1.85. The highest BCUT2D eigenvalue weighted by Gasteiger charge is 2.19. The van der Waals surface area contributed by atoms with Crippen LogP contribution in [0.2, 0.25) is 0 Å². The number of hydrogen-bond donors (Lipinski definition) is 1. The van der Waals surface area contributed by atoms with Crippen LogP contribution >= 0.6 is 0 Å². The SMILES string of the molecule is Fc1cccc(F)c1C1=CCNCc2cc(-c3cccnn3)ccc21. The van der Waals surface area contributed by atoms with Crippen molar-refractivity contribution >= 4 is 5.57 Å². The molecule has 0 saturated heterocycles. The molecule has 1 aliphatic rings. The summed E-state index contributed by atoms with van der Waals surface area (Å²) in [6.45, 7) is 1.15. The molecule has 0 saturated carbocycles. The van der Waals surface area contributed by atoms with Gasteiger partial charge in [0.15, 0.2) is 0 Å². The number of aromatic nitrogens is 2. The van der Waals surface area contributed by atoms with Gasteiger partial charge in [-0.1, -0.05) is 24.3 Å². The molecule has 5 heteroatoms. The second-order valence-electron chi connectivity index (χ2n) is 5.83. The molecule has 124 valence electrons. The maximum Gasteiger partial charge on any atom is 0.133 e. The molecule has 25 heavy (non-hydrogen) atoms. The van der Waals surface area contributed by atoms with Gasteiger partial charge in [-0.05, 0) is 47.0 Å². The number of halogens is 2. The Morgan fingerprint density at radius 1 is 0.960 bits per heavy atom. The van der Waals surface area contributed by atoms with E-state index in [2.05, 4.69) is 15.5 Å². The van der Waals surface area contributed by atoms with Crippen LogP contribution in [0, 0.1) is 11.6 Å². The maximum absolute atomic E-state index is 14.3. The fourth-order valence-corrected chi connectivity index (χ4v) is 3.10. The fraction of sp³-hybridized carbons (Fsp3) is 0.100. The topological polar surface area (TPSA) is 37.8 Å². The second kappa shape index (κ2) is 6.53. The second-order valence-corrected chi connectivity index (χ2v) is 5.83. The zero-order valence-corrected chi connectivity index (χ0v) is 13.3. The Hall–Kier alpha value is -2.92. The average Bonchev–Trinajstić information content (AvgIpc) is 2.84. The molecule has 1 aromatic heterocycles. The van der Waals surface area contributed by atoms with E-state index in [-0.39, 0.29) is 5.56 Å². The van der Waals surface area contributed by atoms with Crippen molar-refractivity contribution in [1.29, 1.82) is 0 Å². The summed E-state index contributed by atoms with van der Waals surface area (Å²) in [4.78, 5) is 0. The summed E-state index contributed by atoms with van der Waals surface area (Å²) in [6, 6.07) is 13.4. The standard InChI is InChI=1S/C20H15F2N3/c21-17-3-1-4-18(22)20(17)16-8-10-23-12-14-11-13(6-7-15(14)16)19-5-2-9-24-25-19/h1-9,11,23H,10,12H2. The molecule has 3 nitrogen and oxygen atoms in total. The molecule has 0 atom stereocenters. The van der Waals surface area contributed by atoms with Crippen LogP contribution in [0.15, 0.2) is 60.8 Å². The molecule has 0 spiro atoms. The molecule has 0 amide bonds. The molecule has 0 aliphatic carbocycles. The minimum atomic E-state index is -0.558. The third-order valence-electron chi connectivity index (χ3n) is 4.26. The molecule has 2 heterocycles. The third-order valence-corrected chi connectivity index (χ3v) is 4.26. The first kappa shape index (κ1) is 15.6. The van der Waals surface area contributed by atoms with Crippen LogP contribution in [0.5, 0.6) is 0 Å². The minimum Gasteiger partial charge on any atom is -0.309 e. The Labute approximate surface area is 144 Å². The molecule has 2 aromatic carbocycles. The summed E-state index contributed by atoms with van der Waals surface area (Å²) in [5.41, 5.74) is 4.05. The molecular weight excluding hydrogens is 320 g/mol. The van der Waals surface area contributed by atoms with Crippen molar-refractivity contribution in [1.82, 2.24) is 15.5 Å². The van der Waals surface area contributed by atoms with Gasteiger partial charge in [-0.25, -0.2) is 8.78 Å². The minimum absolute atomic E-state index is 0.0136. The predicted molar refractivity (Wildman–Crippen MR) is 92.6 cm³/mol. The lowest BCUT2D eigenvalue weighted by Gasteiger charge is -2.14. The van der Waals surface area contributed by atoms with Gasteiger partial charge in [0.25, 0.3) is 0 Å². The first-order valence-corrected chi connectivity index (χ1v) is 8.00. The molecule has 3 aromatic rings. The van der Waals surface area contributed by atoms with Crippen molar-refractivity contribution in [2.75, 3.05) is 6.54 Å². The van der Waals surface area contributed by atoms with Crippen molar-refractivity contribution in [3.05, 3.63) is 89.1 Å². The number of nitrogens with zero attached hydrogens (tertiary/aromatic N) is 2. The van der Waals surface area contributed by atoms with Crippen molar-refractivity contribution in [3.8, 4) is 11.3 Å². The highest BCUT2D eigenvalue weighted by Crippen LogP contribution is 2.33. The highest BCUT2D eigenvalue weighted by atomic mass is 19.1. The Bertz CT molecular complexity index is 932. The normalized spacial score (nSPS) is 13.8. The Kier molecular flexibility index (Phi) is 4.07. The van der Waals surface area contributed by atoms with Gasteiger partial charge >= 0.3 is 0 Å². The van der Waals surface area contributed by atoms with Crippen LogP contribution in [0.4, 0.5) is 8.78 Å². The van der Waals surface area contributed by atoms with Gasteiger partial charge in [0.2, 0.25) is 0 Å². The van der Waals surface area contributed by atoms with Gasteiger partial charge in [0, 0.05) is 24.8 Å². The quantitative estimate of drug-likeness (QED) is 0.770. The van der Waals surface area contributed by atoms with Gasteiger partial charge in [0.05, 0.1) is 11.3 Å². The molecule has 1 aliphatic heterocycles. The predicted octanol–water partition coefficient (Wildman–Crippen LogP) is 3.96. The summed E-state index contributed by atoms with van der Waals surface area (Å²) < 4.78 is 28.6. The first-order chi connectivity index (χ1) is 12.2. The summed E-state index contributed by atoms with van der Waals surface area (Å²) in [6.07, 6.45) is 3.45. The van der Waals surface area contributed by atoms with Crippen LogP contribution in [0.3, 0.4) is 0 Å². The molecule has 1 N–H and O–H groups in total. The molecule has 0 fully saturated rings. The smallest absolute Gasteiger partial charge is 0.133 e. The largest absolute Gasteiger partial charge is 0.309 e. The molecular formula is C20H15F2N3. The van der Waals surface area contributed by atoms with Crippen molar-refractivity contribution in [3.63, 3.8) is 0 Å². The van der Waals surface area contributed by atoms with E-state index in [4.69, 9.17) is 0 Å². The lowest BCUT2D eigenvalue weighted by atomic mass is 9.91. The van der Waals surface area contributed by atoms with E-state index in [0.717, 1.165) is 22.4 Å². The van der Waals surface area contributed by atoms with Crippen LogP contribution in [-0.2, 0) is 6.54 Å². The van der Waals surface area contributed by atoms with Gasteiger partial charge in [-0.15, -0.1) is 0 Å². The van der Waals surface area contributed by atoms with E-state index in [1.165, 1.54) is 18.2 Å². The zero-order chi connectivity index (χ0) is 17.2. The van der Waals surface area contributed by atoms with Crippen LogP contribution in [0.1, 0.15) is 16.7 Å². The summed E-state index contributed by atoms with van der Waals surface area (Å²) in [7, 11) is 0. The fourth-order valence-electron chi connectivity index (χ4n) is 3.10. The van der Waals surface area contributed by atoms with Gasteiger partial charge in [0.1, 0.15) is 11.6 Å². The monoisotopic (exact) mass is 335 g/mol. The van der Waals surface area contributed by atoms with E-state index >= 15 is 0 Å². The van der Waals surface area contributed by atoms with Crippen molar-refractivity contribution < 1.29 is 8.78 Å². The Morgan fingerprint density at radius 3 is 2.56 bits per heavy atom. The van der Waals surface area contributed by atoms with Gasteiger partial charge < -0.3 is 5.32 Å². The van der Waals surface area contributed by atoms with E-state index < -0.39 is 11.6 Å². The van der Waals surface area contributed by atoms with Crippen LogP contribution < -0.4 is 5.32 Å². The number of benzene rings is 2. The summed E-state index contributed by atoms with van der Waals surface area (Å²) >= 11 is 0. The number of rotatable bonds is 2. The lowest BCUT2D eigenvalue weighted by molar-refractivity contribution is 0.577. The summed E-state index contributed by atoms with van der Waals surface area (Å²) in [5.74, 6) is -1.12. The zero-order valence-electron chi connectivity index (χ0n) is 13.3. The maximum atomic E-state index is 14.3. The van der Waals surface area contributed by atoms with Crippen molar-refractivity contribution in [2.24, 2.45) is 0 Å². The van der Waals surface area contributed by atoms with Crippen molar-refractivity contribution in [2.45, 2.75) is 6.54 Å². The summed E-state index contributed by atoms with van der Waals surface area (Å²) in [5, 5.41) is 11.3. The number of nitrogens with one attached hydrogen (secondary N) is 1. The molecule has 4 rings (SSSR count). The van der Waals surface area contributed by atoms with E-state index in [1.807, 2.05) is 36.4 Å². The van der Waals surface area contributed by atoms with E-state index in [1.54, 1.807) is 6.20 Å². The first-order valence-electron chi connectivity index (χ1n) is 8.00. The van der Waals surface area contributed by atoms with Gasteiger partial charge in [-0.3, -0.25) is 0 Å². The molecule has 0 bridgehead atoms. The van der Waals surface area contributed by atoms with Gasteiger partial charge in [-0.2, -0.15) is 10.2 Å². The van der Waals surface area contributed by atoms with E-state index in [0.29, 0.717) is 18.7 Å². The number of hydrogen-bond acceptors (Lipinski definition) is 3. The Morgan fingerprint density at radius 2 is 1.80 bits per heavy atom. The lowest BCUT2D eigenvalue weighted by Crippen LogP contribution is -2.11. The van der Waals surface area contributed by atoms with Crippen LogP contribution in [0.25, 0.3) is 16.8 Å². The number of fused-ring (bicyclic) bond motifs is 1. The molecule has 0 unspecified atom stereocenters. The highest BCUT2D eigenvalue weighted by molar-refractivity contribution is 5.83.